The molecule has 0 atom stereocenters. The van der Waals surface area contributed by atoms with E-state index < -0.39 is 22.2 Å². The SMILES string of the molecule is Cn1c(=O)c2c3c(=O)[nH]c(=O)c3c3[nH]c4ncccc4c3c2c1=O. The second-order valence-corrected chi connectivity index (χ2v) is 5.73. The zero-order valence-corrected chi connectivity index (χ0v) is 12.3. The van der Waals surface area contributed by atoms with Crippen molar-refractivity contribution < 1.29 is 0 Å². The smallest absolute Gasteiger partial charge is 0.262 e. The molecule has 5 aromatic rings. The molecule has 0 fully saturated rings. The number of hydrogen-bond acceptors (Lipinski definition) is 5. The lowest BCUT2D eigenvalue weighted by atomic mass is 10.0. The summed E-state index contributed by atoms with van der Waals surface area (Å²) in [5.74, 6) is 0. The number of nitrogens with one attached hydrogen (secondary N) is 2. The number of benzene rings is 1. The van der Waals surface area contributed by atoms with Crippen LogP contribution in [-0.4, -0.2) is 19.5 Å². The molecule has 24 heavy (non-hydrogen) atoms. The Labute approximate surface area is 130 Å². The van der Waals surface area contributed by atoms with Crippen LogP contribution in [0.1, 0.15) is 0 Å². The average molecular weight is 320 g/mol. The molecule has 0 amide bonds. The van der Waals surface area contributed by atoms with Gasteiger partial charge in [0.25, 0.3) is 22.2 Å². The van der Waals surface area contributed by atoms with Gasteiger partial charge in [0.05, 0.1) is 27.1 Å². The maximum Gasteiger partial charge on any atom is 0.262 e. The van der Waals surface area contributed by atoms with E-state index in [1.165, 1.54) is 7.05 Å². The van der Waals surface area contributed by atoms with E-state index in [0.717, 1.165) is 4.57 Å². The third-order valence-electron chi connectivity index (χ3n) is 4.54. The Kier molecular flexibility index (Phi) is 2.08. The fourth-order valence-electron chi connectivity index (χ4n) is 3.51. The Bertz CT molecular complexity index is 1540. The molecule has 0 aliphatic heterocycles. The third-order valence-corrected chi connectivity index (χ3v) is 4.54. The van der Waals surface area contributed by atoms with Crippen LogP contribution < -0.4 is 22.2 Å². The summed E-state index contributed by atoms with van der Waals surface area (Å²) in [4.78, 5) is 59.0. The molecule has 0 spiro atoms. The molecule has 0 saturated heterocycles. The highest BCUT2D eigenvalue weighted by Gasteiger charge is 2.25. The molecule has 0 saturated carbocycles. The van der Waals surface area contributed by atoms with E-state index in [-0.39, 0.29) is 21.5 Å². The van der Waals surface area contributed by atoms with E-state index in [4.69, 9.17) is 0 Å². The van der Waals surface area contributed by atoms with Crippen LogP contribution in [-0.2, 0) is 7.05 Å². The van der Waals surface area contributed by atoms with E-state index in [1.54, 1.807) is 18.3 Å². The van der Waals surface area contributed by atoms with E-state index in [9.17, 15) is 19.2 Å². The lowest BCUT2D eigenvalue weighted by Crippen LogP contribution is -2.21. The van der Waals surface area contributed by atoms with Gasteiger partial charge in [-0.2, -0.15) is 0 Å². The first-order valence-corrected chi connectivity index (χ1v) is 7.15. The third kappa shape index (κ3) is 1.23. The first-order chi connectivity index (χ1) is 11.5. The summed E-state index contributed by atoms with van der Waals surface area (Å²) in [5.41, 5.74) is -1.53. The highest BCUT2D eigenvalue weighted by molar-refractivity contribution is 6.30. The number of hydrogen-bond donors (Lipinski definition) is 2. The van der Waals surface area contributed by atoms with Gasteiger partial charge in [0, 0.05) is 24.0 Å². The van der Waals surface area contributed by atoms with E-state index in [0.29, 0.717) is 21.9 Å². The fourth-order valence-corrected chi connectivity index (χ4v) is 3.51. The lowest BCUT2D eigenvalue weighted by Gasteiger charge is -1.95. The van der Waals surface area contributed by atoms with Crippen LogP contribution in [0, 0.1) is 0 Å². The van der Waals surface area contributed by atoms with Gasteiger partial charge in [-0.1, -0.05) is 0 Å². The van der Waals surface area contributed by atoms with E-state index in [2.05, 4.69) is 15.0 Å². The monoisotopic (exact) mass is 320 g/mol. The van der Waals surface area contributed by atoms with Crippen LogP contribution in [0.25, 0.3) is 43.5 Å². The van der Waals surface area contributed by atoms with Crippen molar-refractivity contribution in [1.29, 1.82) is 0 Å². The van der Waals surface area contributed by atoms with E-state index in [1.807, 2.05) is 0 Å². The number of H-pyrrole nitrogens is 2. The first kappa shape index (κ1) is 12.9. The summed E-state index contributed by atoms with van der Waals surface area (Å²) in [6.07, 6.45) is 1.57. The molecule has 1 aromatic carbocycles. The molecule has 4 aromatic heterocycles. The Morgan fingerprint density at radius 3 is 2.29 bits per heavy atom. The second-order valence-electron chi connectivity index (χ2n) is 5.73. The van der Waals surface area contributed by atoms with Gasteiger partial charge < -0.3 is 4.98 Å². The van der Waals surface area contributed by atoms with Gasteiger partial charge in [0.15, 0.2) is 0 Å². The van der Waals surface area contributed by atoms with Crippen LogP contribution >= 0.6 is 0 Å². The summed E-state index contributed by atoms with van der Waals surface area (Å²) < 4.78 is 0.954. The molecular weight excluding hydrogens is 312 g/mol. The molecule has 0 bridgehead atoms. The molecule has 0 radical (unpaired) electrons. The van der Waals surface area contributed by atoms with Crippen molar-refractivity contribution in [1.82, 2.24) is 19.5 Å². The molecule has 116 valence electrons. The van der Waals surface area contributed by atoms with Gasteiger partial charge in [-0.05, 0) is 12.1 Å². The Balaban J connectivity index is 2.41. The van der Waals surface area contributed by atoms with Crippen molar-refractivity contribution in [3.63, 3.8) is 0 Å². The summed E-state index contributed by atoms with van der Waals surface area (Å²) >= 11 is 0. The first-order valence-electron chi connectivity index (χ1n) is 7.15. The molecular formula is C16H8N4O4. The molecule has 0 aliphatic carbocycles. The maximum atomic E-state index is 12.6. The number of aromatic nitrogens is 4. The maximum absolute atomic E-state index is 12.6. The minimum Gasteiger partial charge on any atom is -0.339 e. The zero-order valence-electron chi connectivity index (χ0n) is 12.3. The molecule has 0 aliphatic rings. The topological polar surface area (TPSA) is 118 Å². The minimum atomic E-state index is -0.670. The summed E-state index contributed by atoms with van der Waals surface area (Å²) in [5, 5.41) is 1.23. The quantitative estimate of drug-likeness (QED) is 0.416. The van der Waals surface area contributed by atoms with Crippen LogP contribution in [0.2, 0.25) is 0 Å². The van der Waals surface area contributed by atoms with Gasteiger partial charge in [-0.3, -0.25) is 28.7 Å². The normalized spacial score (nSPS) is 12.2. The van der Waals surface area contributed by atoms with Gasteiger partial charge in [-0.25, -0.2) is 4.98 Å². The Morgan fingerprint density at radius 1 is 0.875 bits per heavy atom. The molecule has 8 heteroatoms. The predicted molar refractivity (Wildman–Crippen MR) is 89.4 cm³/mol. The average Bonchev–Trinajstić information content (AvgIpc) is 3.15. The van der Waals surface area contributed by atoms with Crippen molar-refractivity contribution in [2.45, 2.75) is 0 Å². The van der Waals surface area contributed by atoms with Crippen molar-refractivity contribution in [2.24, 2.45) is 7.05 Å². The standard InChI is InChI=1S/C16H8N4O4/c1-20-15(23)8-6-5-3-2-4-17-12(5)18-11(6)10-7(9(8)16(20)24)13(21)19-14(10)22/h2-4H,1H3,(H,17,18)(H,19,21,22). The Hall–Kier alpha value is -3.55. The molecule has 5 rings (SSSR count). The van der Waals surface area contributed by atoms with Gasteiger partial charge in [0.1, 0.15) is 5.65 Å². The molecule has 0 unspecified atom stereocenters. The zero-order chi connectivity index (χ0) is 16.7. The second kappa shape index (κ2) is 3.85. The summed E-state index contributed by atoms with van der Waals surface area (Å²) in [7, 11) is 1.35. The summed E-state index contributed by atoms with van der Waals surface area (Å²) in [6, 6.07) is 3.45. The number of aromatic amines is 2. The molecule has 4 heterocycles. The highest BCUT2D eigenvalue weighted by Crippen LogP contribution is 2.33. The number of pyridine rings is 1. The van der Waals surface area contributed by atoms with Crippen molar-refractivity contribution in [3.05, 3.63) is 59.7 Å². The van der Waals surface area contributed by atoms with Crippen LogP contribution in [0.3, 0.4) is 0 Å². The van der Waals surface area contributed by atoms with Crippen LogP contribution in [0.5, 0.6) is 0 Å². The van der Waals surface area contributed by atoms with E-state index >= 15 is 0 Å². The molecule has 8 nitrogen and oxygen atoms in total. The van der Waals surface area contributed by atoms with Crippen molar-refractivity contribution >= 4 is 43.5 Å². The molecule has 2 N–H and O–H groups in total. The predicted octanol–water partition coefficient (Wildman–Crippen LogP) is 0.00550. The summed E-state index contributed by atoms with van der Waals surface area (Å²) in [6.45, 7) is 0. The van der Waals surface area contributed by atoms with Gasteiger partial charge >= 0.3 is 0 Å². The lowest BCUT2D eigenvalue weighted by molar-refractivity contribution is 0.857. The fraction of sp³-hybridized carbons (Fsp3) is 0.0625. The van der Waals surface area contributed by atoms with Crippen LogP contribution in [0.4, 0.5) is 0 Å². The van der Waals surface area contributed by atoms with Crippen LogP contribution in [0.15, 0.2) is 37.5 Å². The van der Waals surface area contributed by atoms with Gasteiger partial charge in [-0.15, -0.1) is 0 Å². The number of nitrogens with zero attached hydrogens (tertiary/aromatic N) is 2. The van der Waals surface area contributed by atoms with Gasteiger partial charge in [0.2, 0.25) is 0 Å². The largest absolute Gasteiger partial charge is 0.339 e. The number of rotatable bonds is 0. The Morgan fingerprint density at radius 2 is 1.54 bits per heavy atom. The highest BCUT2D eigenvalue weighted by atomic mass is 16.2. The number of fused-ring (bicyclic) bond motifs is 8. The van der Waals surface area contributed by atoms with Crippen molar-refractivity contribution in [2.75, 3.05) is 0 Å². The van der Waals surface area contributed by atoms with Crippen molar-refractivity contribution in [3.8, 4) is 0 Å². The minimum absolute atomic E-state index is 0.0156.